The molecule has 1 amide bonds. The Hall–Kier alpha value is -2.56. The summed E-state index contributed by atoms with van der Waals surface area (Å²) in [5, 5.41) is 2.68. The largest absolute Gasteiger partial charge is 0.497 e. The Labute approximate surface area is 111 Å². The number of nitrogens with zero attached hydrogens (tertiary/aromatic N) is 1. The van der Waals surface area contributed by atoms with Crippen molar-refractivity contribution in [1.82, 2.24) is 4.98 Å². The molecule has 2 rings (SSSR count). The van der Waals surface area contributed by atoms with Crippen LogP contribution in [0.3, 0.4) is 0 Å². The summed E-state index contributed by atoms with van der Waals surface area (Å²) < 4.78 is 5.11. The summed E-state index contributed by atoms with van der Waals surface area (Å²) in [6.45, 7) is 0. The number of nitrogen functional groups attached to an aromatic ring is 1. The first kappa shape index (κ1) is 12.9. The van der Waals surface area contributed by atoms with Gasteiger partial charge < -0.3 is 15.8 Å². The average molecular weight is 257 g/mol. The Kier molecular flexibility index (Phi) is 3.97. The van der Waals surface area contributed by atoms with E-state index in [-0.39, 0.29) is 12.3 Å². The van der Waals surface area contributed by atoms with Crippen LogP contribution in [-0.4, -0.2) is 18.0 Å². The van der Waals surface area contributed by atoms with Gasteiger partial charge in [0, 0.05) is 6.20 Å². The fourth-order valence-electron chi connectivity index (χ4n) is 1.67. The highest BCUT2D eigenvalue weighted by Crippen LogP contribution is 2.15. The molecular weight excluding hydrogens is 242 g/mol. The fraction of sp³-hybridized carbons (Fsp3) is 0.143. The molecule has 98 valence electrons. The van der Waals surface area contributed by atoms with Crippen molar-refractivity contribution < 1.29 is 9.53 Å². The zero-order valence-electron chi connectivity index (χ0n) is 10.6. The first-order valence-electron chi connectivity index (χ1n) is 5.82. The van der Waals surface area contributed by atoms with Gasteiger partial charge in [-0.05, 0) is 29.8 Å². The molecular formula is C14H15N3O2. The predicted octanol–water partition coefficient (Wildman–Crippen LogP) is 1.85. The minimum atomic E-state index is -0.168. The average Bonchev–Trinajstić information content (AvgIpc) is 2.41. The molecule has 0 aliphatic rings. The van der Waals surface area contributed by atoms with E-state index in [1.54, 1.807) is 25.4 Å². The fourth-order valence-corrected chi connectivity index (χ4v) is 1.67. The normalized spacial score (nSPS) is 9.95. The lowest BCUT2D eigenvalue weighted by Gasteiger charge is -2.07. The van der Waals surface area contributed by atoms with Crippen LogP contribution in [0.2, 0.25) is 0 Å². The highest BCUT2D eigenvalue weighted by atomic mass is 16.5. The third-order valence-electron chi connectivity index (χ3n) is 2.60. The number of ether oxygens (including phenoxy) is 1. The maximum atomic E-state index is 11.9. The van der Waals surface area contributed by atoms with Crippen LogP contribution in [0.15, 0.2) is 42.6 Å². The van der Waals surface area contributed by atoms with Crippen molar-refractivity contribution in [2.24, 2.45) is 0 Å². The highest BCUT2D eigenvalue weighted by molar-refractivity contribution is 5.93. The van der Waals surface area contributed by atoms with Gasteiger partial charge in [-0.2, -0.15) is 0 Å². The maximum Gasteiger partial charge on any atom is 0.230 e. The summed E-state index contributed by atoms with van der Waals surface area (Å²) in [5.41, 5.74) is 7.02. The van der Waals surface area contributed by atoms with Crippen LogP contribution in [0, 0.1) is 0 Å². The third-order valence-corrected chi connectivity index (χ3v) is 2.60. The number of carbonyl (C=O) groups is 1. The van der Waals surface area contributed by atoms with E-state index in [4.69, 9.17) is 10.5 Å². The molecule has 19 heavy (non-hydrogen) atoms. The first-order chi connectivity index (χ1) is 9.19. The van der Waals surface area contributed by atoms with Gasteiger partial charge in [0.2, 0.25) is 5.91 Å². The molecule has 2 aromatic rings. The number of hydrogen-bond acceptors (Lipinski definition) is 4. The van der Waals surface area contributed by atoms with Gasteiger partial charge in [-0.1, -0.05) is 12.1 Å². The van der Waals surface area contributed by atoms with Crippen molar-refractivity contribution in [3.63, 3.8) is 0 Å². The second kappa shape index (κ2) is 5.86. The lowest BCUT2D eigenvalue weighted by atomic mass is 10.1. The van der Waals surface area contributed by atoms with E-state index in [1.165, 1.54) is 0 Å². The summed E-state index contributed by atoms with van der Waals surface area (Å²) in [6, 6.07) is 10.8. The number of benzene rings is 1. The Balaban J connectivity index is 2.03. The standard InChI is InChI=1S/C14H15N3O2/c1-19-11-5-2-4-10(8-11)9-13(18)17-14-12(15)6-3-7-16-14/h2-8H,9,15H2,1H3,(H,16,17,18). The molecule has 0 saturated heterocycles. The number of methoxy groups -OCH3 is 1. The Morgan fingerprint density at radius 2 is 2.21 bits per heavy atom. The number of aromatic nitrogens is 1. The van der Waals surface area contributed by atoms with Gasteiger partial charge in [0.05, 0.1) is 19.2 Å². The minimum absolute atomic E-state index is 0.168. The smallest absolute Gasteiger partial charge is 0.230 e. The summed E-state index contributed by atoms with van der Waals surface area (Å²) in [5.74, 6) is 0.941. The number of anilines is 2. The highest BCUT2D eigenvalue weighted by Gasteiger charge is 2.07. The number of amides is 1. The van der Waals surface area contributed by atoms with Gasteiger partial charge in [-0.25, -0.2) is 4.98 Å². The maximum absolute atomic E-state index is 11.9. The lowest BCUT2D eigenvalue weighted by Crippen LogP contribution is -2.16. The van der Waals surface area contributed by atoms with Crippen LogP contribution in [0.1, 0.15) is 5.56 Å². The number of nitrogens with two attached hydrogens (primary N) is 1. The summed E-state index contributed by atoms with van der Waals surface area (Å²) in [6.07, 6.45) is 1.82. The van der Waals surface area contributed by atoms with Crippen molar-refractivity contribution in [3.05, 3.63) is 48.2 Å². The van der Waals surface area contributed by atoms with Crippen LogP contribution in [0.5, 0.6) is 5.75 Å². The van der Waals surface area contributed by atoms with E-state index in [0.717, 1.165) is 11.3 Å². The molecule has 0 radical (unpaired) electrons. The van der Waals surface area contributed by atoms with Crippen LogP contribution >= 0.6 is 0 Å². The van der Waals surface area contributed by atoms with Crippen molar-refractivity contribution in [2.45, 2.75) is 6.42 Å². The molecule has 0 fully saturated rings. The molecule has 5 heteroatoms. The molecule has 1 heterocycles. The summed E-state index contributed by atoms with van der Waals surface area (Å²) in [4.78, 5) is 15.9. The van der Waals surface area contributed by atoms with E-state index in [9.17, 15) is 4.79 Å². The van der Waals surface area contributed by atoms with Crippen LogP contribution in [-0.2, 0) is 11.2 Å². The minimum Gasteiger partial charge on any atom is -0.497 e. The van der Waals surface area contributed by atoms with Gasteiger partial charge in [0.1, 0.15) is 5.75 Å². The molecule has 0 aliphatic heterocycles. The van der Waals surface area contributed by atoms with E-state index < -0.39 is 0 Å². The quantitative estimate of drug-likeness (QED) is 0.876. The molecule has 3 N–H and O–H groups in total. The van der Waals surface area contributed by atoms with Gasteiger partial charge in [0.25, 0.3) is 0 Å². The summed E-state index contributed by atoms with van der Waals surface area (Å²) in [7, 11) is 1.59. The number of hydrogen-bond donors (Lipinski definition) is 2. The Morgan fingerprint density at radius 1 is 1.37 bits per heavy atom. The van der Waals surface area contributed by atoms with Crippen molar-refractivity contribution >= 4 is 17.4 Å². The number of nitrogens with one attached hydrogen (secondary N) is 1. The van der Waals surface area contributed by atoms with Gasteiger partial charge in [-0.15, -0.1) is 0 Å². The molecule has 1 aromatic carbocycles. The van der Waals surface area contributed by atoms with Crippen molar-refractivity contribution in [2.75, 3.05) is 18.2 Å². The zero-order valence-corrected chi connectivity index (χ0v) is 10.6. The third kappa shape index (κ3) is 3.45. The SMILES string of the molecule is COc1cccc(CC(=O)Nc2ncccc2N)c1. The lowest BCUT2D eigenvalue weighted by molar-refractivity contribution is -0.115. The number of rotatable bonds is 4. The van der Waals surface area contributed by atoms with Crippen molar-refractivity contribution in [3.8, 4) is 5.75 Å². The van der Waals surface area contributed by atoms with E-state index in [1.807, 2.05) is 24.3 Å². The zero-order chi connectivity index (χ0) is 13.7. The molecule has 5 nitrogen and oxygen atoms in total. The predicted molar refractivity (Wildman–Crippen MR) is 74.0 cm³/mol. The molecule has 0 unspecified atom stereocenters. The molecule has 0 saturated carbocycles. The van der Waals surface area contributed by atoms with Crippen LogP contribution in [0.25, 0.3) is 0 Å². The molecule has 0 aliphatic carbocycles. The molecule has 0 bridgehead atoms. The van der Waals surface area contributed by atoms with E-state index >= 15 is 0 Å². The monoisotopic (exact) mass is 257 g/mol. The van der Waals surface area contributed by atoms with Gasteiger partial charge >= 0.3 is 0 Å². The van der Waals surface area contributed by atoms with Gasteiger partial charge in [0.15, 0.2) is 5.82 Å². The van der Waals surface area contributed by atoms with E-state index in [0.29, 0.717) is 11.5 Å². The van der Waals surface area contributed by atoms with Gasteiger partial charge in [-0.3, -0.25) is 4.79 Å². The topological polar surface area (TPSA) is 77.2 Å². The molecule has 1 aromatic heterocycles. The summed E-state index contributed by atoms with van der Waals surface area (Å²) >= 11 is 0. The number of pyridine rings is 1. The molecule has 0 spiro atoms. The van der Waals surface area contributed by atoms with Crippen LogP contribution in [0.4, 0.5) is 11.5 Å². The van der Waals surface area contributed by atoms with E-state index in [2.05, 4.69) is 10.3 Å². The second-order valence-electron chi connectivity index (χ2n) is 4.02. The first-order valence-corrected chi connectivity index (χ1v) is 5.82. The Bertz CT molecular complexity index is 584. The second-order valence-corrected chi connectivity index (χ2v) is 4.02. The Morgan fingerprint density at radius 3 is 2.95 bits per heavy atom. The molecule has 0 atom stereocenters. The van der Waals surface area contributed by atoms with Crippen molar-refractivity contribution in [1.29, 1.82) is 0 Å². The number of carbonyl (C=O) groups excluding carboxylic acids is 1. The van der Waals surface area contributed by atoms with Crippen LogP contribution < -0.4 is 15.8 Å².